The van der Waals surface area contributed by atoms with Crippen LogP contribution in [0, 0.1) is 6.92 Å². The first-order valence-corrected chi connectivity index (χ1v) is 12.9. The minimum absolute atomic E-state index is 0.0890. The number of anilines is 1. The summed E-state index contributed by atoms with van der Waals surface area (Å²) in [5.41, 5.74) is 3.98. The first-order valence-electron chi connectivity index (χ1n) is 12.9. The van der Waals surface area contributed by atoms with Crippen molar-refractivity contribution in [1.29, 1.82) is 0 Å². The van der Waals surface area contributed by atoms with E-state index >= 15 is 0 Å². The maximum absolute atomic E-state index is 13.3. The van der Waals surface area contributed by atoms with Crippen LogP contribution in [0.1, 0.15) is 37.4 Å². The van der Waals surface area contributed by atoms with Gasteiger partial charge >= 0.3 is 0 Å². The number of rotatable bonds is 10. The Balaban J connectivity index is 1.48. The summed E-state index contributed by atoms with van der Waals surface area (Å²) in [6, 6.07) is 28.1. The van der Waals surface area contributed by atoms with Gasteiger partial charge in [0.1, 0.15) is 5.70 Å². The lowest BCUT2D eigenvalue weighted by molar-refractivity contribution is -0.113. The minimum Gasteiger partial charge on any atom is -0.493 e. The molecule has 0 fully saturated rings. The number of hydrogen-bond donors (Lipinski definition) is 2. The molecule has 0 unspecified atom stereocenters. The third-order valence-electron chi connectivity index (χ3n) is 6.28. The van der Waals surface area contributed by atoms with Crippen LogP contribution in [0.15, 0.2) is 109 Å². The monoisotopic (exact) mass is 546 g/mol. The van der Waals surface area contributed by atoms with Crippen LogP contribution in [0.5, 0.6) is 11.5 Å². The van der Waals surface area contributed by atoms with E-state index in [1.165, 1.54) is 6.08 Å². The maximum atomic E-state index is 13.3. The van der Waals surface area contributed by atoms with Gasteiger partial charge in [-0.15, -0.1) is 0 Å². The average Bonchev–Trinajstić information content (AvgIpc) is 3.01. The van der Waals surface area contributed by atoms with Crippen molar-refractivity contribution < 1.29 is 23.9 Å². The van der Waals surface area contributed by atoms with Crippen molar-refractivity contribution in [2.75, 3.05) is 19.5 Å². The van der Waals surface area contributed by atoms with E-state index in [0.29, 0.717) is 28.3 Å². The molecule has 0 heterocycles. The Bertz CT molecular complexity index is 1610. The first-order chi connectivity index (χ1) is 19.9. The molecule has 0 saturated heterocycles. The second-order valence-electron chi connectivity index (χ2n) is 9.08. The second kappa shape index (κ2) is 13.6. The molecule has 0 bridgehead atoms. The van der Waals surface area contributed by atoms with Crippen LogP contribution in [0.4, 0.5) is 5.69 Å². The van der Waals surface area contributed by atoms with Crippen LogP contribution in [0.25, 0.3) is 12.2 Å². The molecule has 4 rings (SSSR count). The van der Waals surface area contributed by atoms with E-state index in [1.807, 2.05) is 43.3 Å². The highest BCUT2D eigenvalue weighted by molar-refractivity contribution is 6.11. The van der Waals surface area contributed by atoms with Crippen molar-refractivity contribution in [1.82, 2.24) is 5.32 Å². The Morgan fingerprint density at radius 1 is 0.732 bits per heavy atom. The summed E-state index contributed by atoms with van der Waals surface area (Å²) in [7, 11) is 3.11. The zero-order chi connectivity index (χ0) is 29.2. The van der Waals surface area contributed by atoms with Crippen molar-refractivity contribution in [3.63, 3.8) is 0 Å². The molecule has 41 heavy (non-hydrogen) atoms. The van der Waals surface area contributed by atoms with Gasteiger partial charge in [-0.3, -0.25) is 14.4 Å². The highest BCUT2D eigenvalue weighted by atomic mass is 16.5. The molecule has 0 radical (unpaired) electrons. The van der Waals surface area contributed by atoms with E-state index in [2.05, 4.69) is 10.6 Å². The SMILES string of the molecule is COc1ccc(/C=C/C(=O)c2ccc(NC(=O)/C(=C/c3ccccc3C)NC(=O)c3ccccc3)cc2)cc1OC. The molecule has 0 aliphatic rings. The second-order valence-corrected chi connectivity index (χ2v) is 9.08. The van der Waals surface area contributed by atoms with E-state index in [1.54, 1.807) is 87.0 Å². The Kier molecular flexibility index (Phi) is 9.46. The molecule has 2 amide bonds. The molecule has 0 aromatic heterocycles. The normalized spacial score (nSPS) is 11.1. The van der Waals surface area contributed by atoms with E-state index in [4.69, 9.17) is 9.47 Å². The summed E-state index contributed by atoms with van der Waals surface area (Å²) in [5, 5.41) is 5.55. The number of ketones is 1. The van der Waals surface area contributed by atoms with Gasteiger partial charge in [0.05, 0.1) is 14.2 Å². The van der Waals surface area contributed by atoms with Crippen molar-refractivity contribution in [2.24, 2.45) is 0 Å². The molecular weight excluding hydrogens is 516 g/mol. The lowest BCUT2D eigenvalue weighted by Crippen LogP contribution is -2.30. The van der Waals surface area contributed by atoms with Crippen LogP contribution < -0.4 is 20.1 Å². The average molecular weight is 547 g/mol. The third-order valence-corrected chi connectivity index (χ3v) is 6.28. The number of carbonyl (C=O) groups is 3. The molecule has 0 aliphatic carbocycles. The number of methoxy groups -OCH3 is 2. The smallest absolute Gasteiger partial charge is 0.272 e. The fourth-order valence-electron chi connectivity index (χ4n) is 3.99. The van der Waals surface area contributed by atoms with E-state index in [9.17, 15) is 14.4 Å². The number of amides is 2. The topological polar surface area (TPSA) is 93.7 Å². The number of hydrogen-bond acceptors (Lipinski definition) is 5. The molecule has 4 aromatic carbocycles. The Morgan fingerprint density at radius 2 is 1.41 bits per heavy atom. The lowest BCUT2D eigenvalue weighted by Gasteiger charge is -2.12. The molecule has 7 nitrogen and oxygen atoms in total. The number of benzene rings is 4. The highest BCUT2D eigenvalue weighted by Crippen LogP contribution is 2.28. The summed E-state index contributed by atoms with van der Waals surface area (Å²) in [6.45, 7) is 1.93. The number of allylic oxidation sites excluding steroid dienone is 1. The molecule has 0 spiro atoms. The van der Waals surface area contributed by atoms with Crippen LogP contribution >= 0.6 is 0 Å². The van der Waals surface area contributed by atoms with Crippen molar-refractivity contribution >= 4 is 35.4 Å². The molecule has 0 saturated carbocycles. The molecular formula is C34H30N2O5. The Hall–Kier alpha value is -5.43. The molecule has 2 N–H and O–H groups in total. The van der Waals surface area contributed by atoms with Gasteiger partial charge in [-0.25, -0.2) is 0 Å². The summed E-state index contributed by atoms with van der Waals surface area (Å²) in [6.07, 6.45) is 4.80. The fraction of sp³-hybridized carbons (Fsp3) is 0.0882. The molecule has 4 aromatic rings. The summed E-state index contributed by atoms with van der Waals surface area (Å²) < 4.78 is 10.6. The standard InChI is InChI=1S/C34H30N2O5/c1-23-9-7-8-12-27(23)22-29(36-33(38)26-10-5-4-6-11-26)34(39)35-28-17-15-25(16-18-28)30(37)19-13-24-14-20-31(40-2)32(21-24)41-3/h4-22H,1-3H3,(H,35,39)(H,36,38)/b19-13+,29-22-. The van der Waals surface area contributed by atoms with Gasteiger partial charge in [-0.2, -0.15) is 0 Å². The summed E-state index contributed by atoms with van der Waals surface area (Å²) in [5.74, 6) is 0.0730. The molecule has 206 valence electrons. The summed E-state index contributed by atoms with van der Waals surface area (Å²) in [4.78, 5) is 38.9. The van der Waals surface area contributed by atoms with Gasteiger partial charge in [0, 0.05) is 16.8 Å². The molecule has 0 atom stereocenters. The van der Waals surface area contributed by atoms with Crippen LogP contribution in [0.3, 0.4) is 0 Å². The zero-order valence-corrected chi connectivity index (χ0v) is 23.0. The summed E-state index contributed by atoms with van der Waals surface area (Å²) >= 11 is 0. The highest BCUT2D eigenvalue weighted by Gasteiger charge is 2.16. The van der Waals surface area contributed by atoms with Gasteiger partial charge in [0.15, 0.2) is 17.3 Å². The molecule has 7 heteroatoms. The van der Waals surface area contributed by atoms with Crippen molar-refractivity contribution in [2.45, 2.75) is 6.92 Å². The largest absolute Gasteiger partial charge is 0.493 e. The maximum Gasteiger partial charge on any atom is 0.272 e. The fourth-order valence-corrected chi connectivity index (χ4v) is 3.99. The van der Waals surface area contributed by atoms with E-state index in [0.717, 1.165) is 16.7 Å². The third kappa shape index (κ3) is 7.58. The van der Waals surface area contributed by atoms with Gasteiger partial charge in [0.2, 0.25) is 0 Å². The van der Waals surface area contributed by atoms with Gasteiger partial charge in [-0.05, 0) is 84.3 Å². The quantitative estimate of drug-likeness (QED) is 0.179. The van der Waals surface area contributed by atoms with Crippen molar-refractivity contribution in [3.8, 4) is 11.5 Å². The van der Waals surface area contributed by atoms with E-state index in [-0.39, 0.29) is 11.5 Å². The predicted octanol–water partition coefficient (Wildman–Crippen LogP) is 6.32. The first kappa shape index (κ1) is 28.6. The number of ether oxygens (including phenoxy) is 2. The van der Waals surface area contributed by atoms with Crippen LogP contribution in [-0.2, 0) is 4.79 Å². The Labute approximate surface area is 239 Å². The Morgan fingerprint density at radius 3 is 2.10 bits per heavy atom. The van der Waals surface area contributed by atoms with E-state index < -0.39 is 11.8 Å². The van der Waals surface area contributed by atoms with Gasteiger partial charge in [-0.1, -0.05) is 54.6 Å². The van der Waals surface area contributed by atoms with Crippen LogP contribution in [-0.4, -0.2) is 31.8 Å². The van der Waals surface area contributed by atoms with Gasteiger partial charge in [0.25, 0.3) is 11.8 Å². The zero-order valence-electron chi connectivity index (χ0n) is 23.0. The number of carbonyl (C=O) groups excluding carboxylic acids is 3. The lowest BCUT2D eigenvalue weighted by atomic mass is 10.1. The van der Waals surface area contributed by atoms with Crippen molar-refractivity contribution in [3.05, 3.63) is 137 Å². The predicted molar refractivity (Wildman–Crippen MR) is 161 cm³/mol. The number of nitrogens with one attached hydrogen (secondary N) is 2. The van der Waals surface area contributed by atoms with Gasteiger partial charge < -0.3 is 20.1 Å². The molecule has 0 aliphatic heterocycles. The number of aryl methyl sites for hydroxylation is 1. The van der Waals surface area contributed by atoms with Crippen LogP contribution in [0.2, 0.25) is 0 Å². The minimum atomic E-state index is -0.495.